The van der Waals surface area contributed by atoms with Gasteiger partial charge in [0.05, 0.1) is 0 Å². The van der Waals surface area contributed by atoms with Crippen LogP contribution in [0.2, 0.25) is 0 Å². The zero-order chi connectivity index (χ0) is 12.2. The first-order chi connectivity index (χ1) is 8.93. The van der Waals surface area contributed by atoms with E-state index >= 15 is 0 Å². The fraction of sp³-hybridized carbons (Fsp3) is 0. The number of hydrogen-bond donors (Lipinski definition) is 1. The van der Waals surface area contributed by atoms with Crippen LogP contribution in [0, 0.1) is 6.07 Å². The molecule has 4 aromatic rings. The fourth-order valence-electron chi connectivity index (χ4n) is 2.00. The summed E-state index contributed by atoms with van der Waals surface area (Å²) in [6.07, 6.45) is 1.82. The zero-order valence-corrected chi connectivity index (χ0v) is 12.9. The molecule has 0 atom stereocenters. The zero-order valence-electron chi connectivity index (χ0n) is 10.4. The molecule has 0 aliphatic rings. The molecule has 1 heterocycles. The molecule has 0 aliphatic carbocycles. The molecule has 0 fully saturated rings. The number of aromatic nitrogens is 1. The number of para-hydroxylation sites is 1. The van der Waals surface area contributed by atoms with Crippen molar-refractivity contribution >= 4 is 21.7 Å². The van der Waals surface area contributed by atoms with E-state index in [1.54, 1.807) is 0 Å². The van der Waals surface area contributed by atoms with Crippen molar-refractivity contribution in [3.63, 3.8) is 0 Å². The number of nitrogens with one attached hydrogen (secondary N) is 1. The second-order valence-corrected chi connectivity index (χ2v) is 4.13. The largest absolute Gasteiger partial charge is 2.00 e. The summed E-state index contributed by atoms with van der Waals surface area (Å²) in [6, 6.07) is 25.8. The van der Waals surface area contributed by atoms with E-state index in [0.717, 1.165) is 10.9 Å². The number of rotatable bonds is 0. The van der Waals surface area contributed by atoms with Gasteiger partial charge in [0.2, 0.25) is 0 Å². The predicted molar refractivity (Wildman–Crippen MR) is 76.7 cm³/mol. The maximum Gasteiger partial charge on any atom is 2.00 e. The van der Waals surface area contributed by atoms with Crippen LogP contribution < -0.4 is 0 Å². The molecule has 1 N–H and O–H groups in total. The number of fused-ring (bicyclic) bond motifs is 2. The molecule has 19 heavy (non-hydrogen) atoms. The van der Waals surface area contributed by atoms with Crippen molar-refractivity contribution in [1.29, 1.82) is 0 Å². The summed E-state index contributed by atoms with van der Waals surface area (Å²) in [5.41, 5.74) is 1.15. The Morgan fingerprint density at radius 3 is 2.53 bits per heavy atom. The van der Waals surface area contributed by atoms with Crippen molar-refractivity contribution in [2.45, 2.75) is 0 Å². The fourth-order valence-corrected chi connectivity index (χ4v) is 2.00. The molecule has 0 spiro atoms. The third-order valence-electron chi connectivity index (χ3n) is 2.93. The molecule has 3 aromatic carbocycles. The summed E-state index contributed by atoms with van der Waals surface area (Å²) < 4.78 is 0. The van der Waals surface area contributed by atoms with Crippen molar-refractivity contribution in [1.82, 2.24) is 4.98 Å². The minimum atomic E-state index is 0. The van der Waals surface area contributed by atoms with E-state index in [9.17, 15) is 0 Å². The van der Waals surface area contributed by atoms with Gasteiger partial charge in [0, 0.05) is 0 Å². The van der Waals surface area contributed by atoms with Crippen LogP contribution in [-0.4, -0.2) is 4.98 Å². The van der Waals surface area contributed by atoms with E-state index < -0.39 is 0 Å². The van der Waals surface area contributed by atoms with Gasteiger partial charge in [-0.15, -0.1) is 35.7 Å². The Morgan fingerprint density at radius 1 is 0.895 bits per heavy atom. The van der Waals surface area contributed by atoms with Gasteiger partial charge in [-0.25, -0.2) is 0 Å². The van der Waals surface area contributed by atoms with Crippen LogP contribution in [-0.2, 0) is 26.2 Å². The first-order valence-corrected chi connectivity index (χ1v) is 5.98. The molecule has 0 saturated carbocycles. The molecule has 2 heteroatoms. The van der Waals surface area contributed by atoms with Crippen LogP contribution in [0.4, 0.5) is 0 Å². The van der Waals surface area contributed by atoms with Gasteiger partial charge in [-0.2, -0.15) is 35.0 Å². The number of H-pyrrole nitrogens is 1. The van der Waals surface area contributed by atoms with Crippen LogP contribution in [0.15, 0.2) is 72.9 Å². The van der Waals surface area contributed by atoms with Crippen molar-refractivity contribution in [3.05, 3.63) is 79.0 Å². The van der Waals surface area contributed by atoms with Gasteiger partial charge >= 0.3 is 26.2 Å². The number of benzene rings is 2. The Hall–Kier alpha value is -1.53. The Morgan fingerprint density at radius 2 is 1.68 bits per heavy atom. The van der Waals surface area contributed by atoms with E-state index in [2.05, 4.69) is 53.5 Å². The molecule has 1 aromatic heterocycles. The van der Waals surface area contributed by atoms with Crippen molar-refractivity contribution in [3.8, 4) is 0 Å². The predicted octanol–water partition coefficient (Wildman–Crippen LogP) is 4.52. The summed E-state index contributed by atoms with van der Waals surface area (Å²) in [5.74, 6) is 0. The smallest absolute Gasteiger partial charge is 0.424 e. The summed E-state index contributed by atoms with van der Waals surface area (Å²) >= 11 is 0. The molecule has 90 valence electrons. The molecule has 0 amide bonds. The van der Waals surface area contributed by atoms with E-state index in [-0.39, 0.29) is 26.2 Å². The molecular formula is C17H13NZr. The molecule has 0 saturated heterocycles. The Labute approximate surface area is 131 Å². The van der Waals surface area contributed by atoms with E-state index in [1.165, 1.54) is 10.8 Å². The van der Waals surface area contributed by atoms with E-state index in [0.29, 0.717) is 0 Å². The number of aromatic amines is 1. The molecular weight excluding hydrogens is 309 g/mol. The van der Waals surface area contributed by atoms with Gasteiger partial charge < -0.3 is 4.98 Å². The van der Waals surface area contributed by atoms with Gasteiger partial charge in [-0.3, -0.25) is 0 Å². The summed E-state index contributed by atoms with van der Waals surface area (Å²) in [7, 11) is 0. The third-order valence-corrected chi connectivity index (χ3v) is 2.93. The topological polar surface area (TPSA) is 15.8 Å². The summed E-state index contributed by atoms with van der Waals surface area (Å²) in [6.45, 7) is 0. The Bertz CT molecular complexity index is 625. The van der Waals surface area contributed by atoms with Crippen molar-refractivity contribution < 1.29 is 26.2 Å². The normalized spacial score (nSPS) is 9.68. The van der Waals surface area contributed by atoms with E-state index in [4.69, 9.17) is 0 Å². The van der Waals surface area contributed by atoms with Crippen LogP contribution in [0.5, 0.6) is 0 Å². The molecule has 0 bridgehead atoms. The third kappa shape index (κ3) is 3.27. The van der Waals surface area contributed by atoms with Gasteiger partial charge in [-0.05, 0) is 0 Å². The maximum atomic E-state index is 3.06. The molecule has 4 rings (SSSR count). The minimum Gasteiger partial charge on any atom is -0.424 e. The standard InChI is InChI=1S/C9H7.C8H6N.Zr/c1-2-5-9-7-3-6-8(9)4-1;1-2-4-8-7(3-1)5-6-9-8;/h1-7H;1-4,6,9H;/q2*-1;+2. The molecule has 0 unspecified atom stereocenters. The molecule has 0 radical (unpaired) electrons. The first kappa shape index (κ1) is 13.9. The van der Waals surface area contributed by atoms with E-state index in [1.807, 2.05) is 30.5 Å². The summed E-state index contributed by atoms with van der Waals surface area (Å²) in [4.78, 5) is 3.06. The second-order valence-electron chi connectivity index (χ2n) is 4.13. The van der Waals surface area contributed by atoms with Crippen LogP contribution in [0.1, 0.15) is 0 Å². The van der Waals surface area contributed by atoms with Crippen LogP contribution in [0.3, 0.4) is 0 Å². The van der Waals surface area contributed by atoms with Crippen molar-refractivity contribution in [2.24, 2.45) is 0 Å². The average Bonchev–Trinajstić information content (AvgIpc) is 3.08. The Balaban J connectivity index is 0.000000133. The second kappa shape index (κ2) is 6.58. The average molecular weight is 323 g/mol. The molecule has 0 aliphatic heterocycles. The van der Waals surface area contributed by atoms with Gasteiger partial charge in [0.15, 0.2) is 0 Å². The number of hydrogen-bond acceptors (Lipinski definition) is 0. The van der Waals surface area contributed by atoms with Gasteiger partial charge in [0.25, 0.3) is 0 Å². The monoisotopic (exact) mass is 321 g/mol. The SMILES string of the molecule is [Zr+2].[c-]1c[nH]c2ccccc12.c1ccc2[cH-]ccc2c1. The van der Waals surface area contributed by atoms with Gasteiger partial charge in [-0.1, -0.05) is 29.9 Å². The summed E-state index contributed by atoms with van der Waals surface area (Å²) in [5, 5.41) is 3.81. The van der Waals surface area contributed by atoms with Crippen LogP contribution >= 0.6 is 0 Å². The first-order valence-electron chi connectivity index (χ1n) is 5.98. The van der Waals surface area contributed by atoms with Gasteiger partial charge in [0.1, 0.15) is 0 Å². The minimum absolute atomic E-state index is 0. The molecule has 1 nitrogen and oxygen atoms in total. The van der Waals surface area contributed by atoms with Crippen LogP contribution in [0.25, 0.3) is 21.7 Å². The Kier molecular flexibility index (Phi) is 4.82. The maximum absolute atomic E-state index is 3.06. The van der Waals surface area contributed by atoms with Crippen molar-refractivity contribution in [2.75, 3.05) is 0 Å². The quantitative estimate of drug-likeness (QED) is 0.458.